The standard InChI is InChI=1S/C16H17N3O3S/c1-4-19-16-10(8-17)13(18)15(23-16)14(20)9-5-6-11(21-2)12(7-9)22-3/h5-7,19H,4,18H2,1-3H3. The van der Waals surface area contributed by atoms with Gasteiger partial charge in [0.25, 0.3) is 0 Å². The number of carbonyl (C=O) groups is 1. The molecule has 0 aliphatic heterocycles. The molecule has 0 saturated carbocycles. The number of anilines is 2. The molecule has 3 N–H and O–H groups in total. The molecule has 1 aromatic heterocycles. The van der Waals surface area contributed by atoms with Crippen molar-refractivity contribution in [2.24, 2.45) is 0 Å². The number of nitriles is 1. The lowest BCUT2D eigenvalue weighted by atomic mass is 10.1. The highest BCUT2D eigenvalue weighted by atomic mass is 32.1. The van der Waals surface area contributed by atoms with Crippen LogP contribution < -0.4 is 20.5 Å². The molecule has 6 nitrogen and oxygen atoms in total. The first kappa shape index (κ1) is 16.6. The molecule has 23 heavy (non-hydrogen) atoms. The zero-order valence-electron chi connectivity index (χ0n) is 13.1. The van der Waals surface area contributed by atoms with E-state index in [1.165, 1.54) is 25.6 Å². The first-order valence-electron chi connectivity index (χ1n) is 6.90. The minimum atomic E-state index is -0.255. The quantitative estimate of drug-likeness (QED) is 0.790. The largest absolute Gasteiger partial charge is 0.493 e. The summed E-state index contributed by atoms with van der Waals surface area (Å²) < 4.78 is 10.4. The number of nitrogens with one attached hydrogen (secondary N) is 1. The minimum Gasteiger partial charge on any atom is -0.493 e. The SMILES string of the molecule is CCNc1sc(C(=O)c2ccc(OC)c(OC)c2)c(N)c1C#N. The summed E-state index contributed by atoms with van der Waals surface area (Å²) in [4.78, 5) is 13.1. The number of rotatable bonds is 6. The topological polar surface area (TPSA) is 97.4 Å². The van der Waals surface area contributed by atoms with Crippen LogP contribution in [0.3, 0.4) is 0 Å². The van der Waals surface area contributed by atoms with Crippen molar-refractivity contribution in [3.63, 3.8) is 0 Å². The second kappa shape index (κ2) is 7.03. The fourth-order valence-electron chi connectivity index (χ4n) is 2.12. The van der Waals surface area contributed by atoms with Crippen molar-refractivity contribution >= 4 is 27.8 Å². The van der Waals surface area contributed by atoms with E-state index in [9.17, 15) is 10.1 Å². The van der Waals surface area contributed by atoms with Gasteiger partial charge < -0.3 is 20.5 Å². The number of nitrogen functional groups attached to an aromatic ring is 1. The summed E-state index contributed by atoms with van der Waals surface area (Å²) in [6, 6.07) is 6.94. The van der Waals surface area contributed by atoms with Crippen molar-refractivity contribution in [3.8, 4) is 17.6 Å². The molecule has 2 rings (SSSR count). The number of thiophene rings is 1. The van der Waals surface area contributed by atoms with Crippen molar-refractivity contribution < 1.29 is 14.3 Å². The van der Waals surface area contributed by atoms with Crippen LogP contribution in [-0.4, -0.2) is 26.5 Å². The molecular formula is C16H17N3O3S. The highest BCUT2D eigenvalue weighted by Gasteiger charge is 2.22. The van der Waals surface area contributed by atoms with Crippen LogP contribution in [0.15, 0.2) is 18.2 Å². The third kappa shape index (κ3) is 3.07. The maximum Gasteiger partial charge on any atom is 0.205 e. The van der Waals surface area contributed by atoms with Gasteiger partial charge in [0, 0.05) is 12.1 Å². The van der Waals surface area contributed by atoms with Gasteiger partial charge in [-0.1, -0.05) is 0 Å². The van der Waals surface area contributed by atoms with Crippen molar-refractivity contribution in [3.05, 3.63) is 34.2 Å². The highest BCUT2D eigenvalue weighted by molar-refractivity contribution is 7.19. The van der Waals surface area contributed by atoms with Crippen LogP contribution >= 0.6 is 11.3 Å². The third-order valence-electron chi connectivity index (χ3n) is 3.25. The van der Waals surface area contributed by atoms with E-state index in [2.05, 4.69) is 5.32 Å². The Labute approximate surface area is 138 Å². The van der Waals surface area contributed by atoms with Crippen LogP contribution in [0.4, 0.5) is 10.7 Å². The van der Waals surface area contributed by atoms with Crippen molar-refractivity contribution in [2.75, 3.05) is 31.8 Å². The average Bonchev–Trinajstić information content (AvgIpc) is 2.89. The summed E-state index contributed by atoms with van der Waals surface area (Å²) in [6.45, 7) is 2.55. The Morgan fingerprint density at radius 2 is 2.04 bits per heavy atom. The maximum absolute atomic E-state index is 12.7. The predicted octanol–water partition coefficient (Wildman–Crippen LogP) is 2.88. The predicted molar refractivity (Wildman–Crippen MR) is 90.6 cm³/mol. The Morgan fingerprint density at radius 3 is 2.61 bits per heavy atom. The van der Waals surface area contributed by atoms with Crippen LogP contribution in [0, 0.1) is 11.3 Å². The van der Waals surface area contributed by atoms with Gasteiger partial charge in [-0.2, -0.15) is 5.26 Å². The Hall–Kier alpha value is -2.72. The molecule has 0 aliphatic rings. The lowest BCUT2D eigenvalue weighted by molar-refractivity contribution is 0.104. The number of ketones is 1. The number of methoxy groups -OCH3 is 2. The van der Waals surface area contributed by atoms with Gasteiger partial charge in [0.15, 0.2) is 11.5 Å². The Bertz CT molecular complexity index is 778. The van der Waals surface area contributed by atoms with Gasteiger partial charge in [-0.05, 0) is 25.1 Å². The molecule has 0 bridgehead atoms. The first-order chi connectivity index (χ1) is 11.1. The smallest absolute Gasteiger partial charge is 0.205 e. The fourth-order valence-corrected chi connectivity index (χ4v) is 3.22. The number of carbonyl (C=O) groups excluding carboxylic acids is 1. The molecule has 1 heterocycles. The molecule has 0 amide bonds. The fraction of sp³-hybridized carbons (Fsp3) is 0.250. The Balaban J connectivity index is 2.47. The monoisotopic (exact) mass is 331 g/mol. The van der Waals surface area contributed by atoms with E-state index < -0.39 is 0 Å². The van der Waals surface area contributed by atoms with E-state index in [0.717, 1.165) is 0 Å². The summed E-state index contributed by atoms with van der Waals surface area (Å²) >= 11 is 1.18. The van der Waals surface area contributed by atoms with Gasteiger partial charge in [-0.15, -0.1) is 11.3 Å². The molecule has 120 valence electrons. The van der Waals surface area contributed by atoms with E-state index in [1.54, 1.807) is 18.2 Å². The molecule has 0 radical (unpaired) electrons. The van der Waals surface area contributed by atoms with Gasteiger partial charge in [0.05, 0.1) is 19.9 Å². The number of nitrogens with two attached hydrogens (primary N) is 1. The normalized spacial score (nSPS) is 10.0. The van der Waals surface area contributed by atoms with Crippen LogP contribution in [0.25, 0.3) is 0 Å². The van der Waals surface area contributed by atoms with E-state index in [4.69, 9.17) is 15.2 Å². The van der Waals surface area contributed by atoms with E-state index in [1.807, 2.05) is 13.0 Å². The number of hydrogen-bond acceptors (Lipinski definition) is 7. The molecule has 0 fully saturated rings. The molecule has 0 unspecified atom stereocenters. The van der Waals surface area contributed by atoms with Crippen LogP contribution in [0.2, 0.25) is 0 Å². The number of nitrogens with zero attached hydrogens (tertiary/aromatic N) is 1. The summed E-state index contributed by atoms with van der Waals surface area (Å²) in [5, 5.41) is 12.9. The van der Waals surface area contributed by atoms with Crippen molar-refractivity contribution in [1.29, 1.82) is 5.26 Å². The molecule has 0 atom stereocenters. The lowest BCUT2D eigenvalue weighted by Gasteiger charge is -2.08. The summed E-state index contributed by atoms with van der Waals surface area (Å²) in [5.41, 5.74) is 6.91. The Kier molecular flexibility index (Phi) is 5.09. The average molecular weight is 331 g/mol. The second-order valence-corrected chi connectivity index (χ2v) is 5.61. The molecule has 0 aliphatic carbocycles. The van der Waals surface area contributed by atoms with Crippen molar-refractivity contribution in [2.45, 2.75) is 6.92 Å². The molecule has 2 aromatic rings. The van der Waals surface area contributed by atoms with Crippen molar-refractivity contribution in [1.82, 2.24) is 0 Å². The van der Waals surface area contributed by atoms with Gasteiger partial charge in [0.2, 0.25) is 5.78 Å². The summed E-state index contributed by atoms with van der Waals surface area (Å²) in [6.07, 6.45) is 0. The van der Waals surface area contributed by atoms with Crippen LogP contribution in [-0.2, 0) is 0 Å². The Morgan fingerprint density at radius 1 is 1.35 bits per heavy atom. The first-order valence-corrected chi connectivity index (χ1v) is 7.71. The molecule has 7 heteroatoms. The van der Waals surface area contributed by atoms with Gasteiger partial charge >= 0.3 is 0 Å². The van der Waals surface area contributed by atoms with Crippen LogP contribution in [0.1, 0.15) is 27.7 Å². The highest BCUT2D eigenvalue weighted by Crippen LogP contribution is 2.37. The van der Waals surface area contributed by atoms with E-state index in [0.29, 0.717) is 39.0 Å². The summed E-state index contributed by atoms with van der Waals surface area (Å²) in [7, 11) is 3.03. The molecule has 0 saturated heterocycles. The lowest BCUT2D eigenvalue weighted by Crippen LogP contribution is -2.03. The van der Waals surface area contributed by atoms with Gasteiger partial charge in [-0.3, -0.25) is 4.79 Å². The van der Waals surface area contributed by atoms with Crippen LogP contribution in [0.5, 0.6) is 11.5 Å². The number of benzene rings is 1. The van der Waals surface area contributed by atoms with E-state index in [-0.39, 0.29) is 11.5 Å². The summed E-state index contributed by atoms with van der Waals surface area (Å²) in [5.74, 6) is 0.740. The second-order valence-electron chi connectivity index (χ2n) is 4.59. The van der Waals surface area contributed by atoms with Gasteiger partial charge in [0.1, 0.15) is 21.5 Å². The maximum atomic E-state index is 12.7. The number of hydrogen-bond donors (Lipinski definition) is 2. The van der Waals surface area contributed by atoms with Gasteiger partial charge in [-0.25, -0.2) is 0 Å². The number of ether oxygens (including phenoxy) is 2. The minimum absolute atomic E-state index is 0.202. The zero-order chi connectivity index (χ0) is 17.0. The molecule has 1 aromatic carbocycles. The van der Waals surface area contributed by atoms with E-state index >= 15 is 0 Å². The molecule has 0 spiro atoms. The zero-order valence-corrected chi connectivity index (χ0v) is 13.9. The molecular weight excluding hydrogens is 314 g/mol. The third-order valence-corrected chi connectivity index (χ3v) is 4.41.